The van der Waals surface area contributed by atoms with E-state index in [2.05, 4.69) is 27.3 Å². The Labute approximate surface area is 252 Å². The number of imidazole rings is 1. The number of methoxy groups -OCH3 is 1. The van der Waals surface area contributed by atoms with E-state index >= 15 is 0 Å². The van der Waals surface area contributed by atoms with Gasteiger partial charge in [-0.2, -0.15) is 9.97 Å². The zero-order valence-electron chi connectivity index (χ0n) is 25.1. The van der Waals surface area contributed by atoms with Crippen molar-refractivity contribution in [1.29, 1.82) is 0 Å². The number of nitrogens with one attached hydrogen (secondary N) is 2. The number of hydrogen-bond acceptors (Lipinski definition) is 9. The molecule has 4 aromatic rings. The van der Waals surface area contributed by atoms with Gasteiger partial charge in [-0.15, -0.1) is 0 Å². The van der Waals surface area contributed by atoms with Gasteiger partial charge in [0.05, 0.1) is 19.0 Å². The van der Waals surface area contributed by atoms with Gasteiger partial charge >= 0.3 is 0 Å². The minimum absolute atomic E-state index is 0.0350. The van der Waals surface area contributed by atoms with Crippen LogP contribution >= 0.6 is 0 Å². The van der Waals surface area contributed by atoms with Gasteiger partial charge < -0.3 is 34.5 Å². The lowest BCUT2D eigenvalue weighted by Crippen LogP contribution is -2.39. The summed E-state index contributed by atoms with van der Waals surface area (Å²) in [4.78, 5) is 31.3. The smallest absolute Gasteiger partial charge is 0.246 e. The van der Waals surface area contributed by atoms with E-state index in [1.807, 2.05) is 78.8 Å². The van der Waals surface area contributed by atoms with Crippen LogP contribution in [0.15, 0.2) is 73.1 Å². The Kier molecular flexibility index (Phi) is 10.2. The number of ether oxygens (including phenoxy) is 2. The van der Waals surface area contributed by atoms with E-state index in [1.165, 1.54) is 0 Å². The zero-order chi connectivity index (χ0) is 30.0. The maximum absolute atomic E-state index is 12.9. The first-order chi connectivity index (χ1) is 21.0. The second kappa shape index (κ2) is 14.6. The van der Waals surface area contributed by atoms with Gasteiger partial charge in [0.15, 0.2) is 17.0 Å². The van der Waals surface area contributed by atoms with Gasteiger partial charge in [-0.25, -0.2) is 4.98 Å². The van der Waals surface area contributed by atoms with Crippen LogP contribution in [0.2, 0.25) is 0 Å². The van der Waals surface area contributed by atoms with Crippen LogP contribution in [0, 0.1) is 0 Å². The van der Waals surface area contributed by atoms with Crippen molar-refractivity contribution in [3.63, 3.8) is 0 Å². The first-order valence-electron chi connectivity index (χ1n) is 14.6. The number of likely N-dealkylation sites (tertiary alicyclic amines) is 1. The summed E-state index contributed by atoms with van der Waals surface area (Å²) in [6.07, 6.45) is 7.25. The van der Waals surface area contributed by atoms with Crippen LogP contribution in [0.4, 0.5) is 17.5 Å². The zero-order valence-corrected chi connectivity index (χ0v) is 25.1. The Hall–Kier alpha value is -4.48. The molecule has 5 rings (SSSR count). The van der Waals surface area contributed by atoms with E-state index in [4.69, 9.17) is 24.4 Å². The highest BCUT2D eigenvalue weighted by Crippen LogP contribution is 2.29. The lowest BCUT2D eigenvalue weighted by molar-refractivity contribution is -0.127. The van der Waals surface area contributed by atoms with Crippen LogP contribution in [0.1, 0.15) is 24.4 Å². The fraction of sp³-hybridized carbons (Fsp3) is 0.375. The molecule has 1 aliphatic heterocycles. The summed E-state index contributed by atoms with van der Waals surface area (Å²) in [5.74, 6) is 1.89. The number of nitrogens with zero attached hydrogens (tertiary/aromatic N) is 6. The molecule has 0 bridgehead atoms. The van der Waals surface area contributed by atoms with Crippen LogP contribution in [0.5, 0.6) is 5.75 Å². The summed E-state index contributed by atoms with van der Waals surface area (Å²) in [6, 6.07) is 17.9. The predicted molar refractivity (Wildman–Crippen MR) is 169 cm³/mol. The molecule has 0 spiro atoms. The van der Waals surface area contributed by atoms with E-state index in [-0.39, 0.29) is 11.9 Å². The summed E-state index contributed by atoms with van der Waals surface area (Å²) in [5.41, 5.74) is 3.38. The molecule has 11 nitrogen and oxygen atoms in total. The van der Waals surface area contributed by atoms with Crippen LogP contribution < -0.4 is 15.4 Å². The molecule has 11 heteroatoms. The van der Waals surface area contributed by atoms with Gasteiger partial charge in [0, 0.05) is 45.1 Å². The number of benzene rings is 2. The fourth-order valence-corrected chi connectivity index (χ4v) is 5.00. The molecule has 1 saturated heterocycles. The van der Waals surface area contributed by atoms with E-state index in [9.17, 15) is 4.79 Å². The topological polar surface area (TPSA) is 110 Å². The lowest BCUT2D eigenvalue weighted by Gasteiger charge is -2.33. The molecule has 2 N–H and O–H groups in total. The van der Waals surface area contributed by atoms with E-state index in [0.717, 1.165) is 48.6 Å². The van der Waals surface area contributed by atoms with Crippen molar-refractivity contribution in [3.8, 4) is 5.75 Å². The average Bonchev–Trinajstić information content (AvgIpc) is 3.45. The molecule has 2 aromatic carbocycles. The summed E-state index contributed by atoms with van der Waals surface area (Å²) in [6.45, 7) is 3.67. The van der Waals surface area contributed by atoms with Crippen molar-refractivity contribution in [2.75, 3.05) is 64.7 Å². The van der Waals surface area contributed by atoms with Crippen LogP contribution in [-0.2, 0) is 16.1 Å². The van der Waals surface area contributed by atoms with Crippen LogP contribution in [-0.4, -0.2) is 89.3 Å². The molecular weight excluding hydrogens is 544 g/mol. The normalized spacial score (nSPS) is 15.3. The number of carbonyl (C=O) groups is 1. The quantitative estimate of drug-likeness (QED) is 0.174. The summed E-state index contributed by atoms with van der Waals surface area (Å²) in [5, 5.41) is 6.81. The molecule has 43 heavy (non-hydrogen) atoms. The Bertz CT molecular complexity index is 1500. The third-order valence-electron chi connectivity index (χ3n) is 7.22. The van der Waals surface area contributed by atoms with Gasteiger partial charge in [0.2, 0.25) is 11.9 Å². The number of aromatic nitrogens is 4. The third-order valence-corrected chi connectivity index (χ3v) is 7.22. The molecule has 3 heterocycles. The minimum atomic E-state index is 0.0350. The average molecular weight is 585 g/mol. The monoisotopic (exact) mass is 584 g/mol. The largest absolute Gasteiger partial charge is 0.491 e. The summed E-state index contributed by atoms with van der Waals surface area (Å²) >= 11 is 0. The van der Waals surface area contributed by atoms with E-state index in [1.54, 1.807) is 13.2 Å². The number of fused-ring (bicyclic) bond motifs is 1. The number of likely N-dealkylation sites (N-methyl/N-ethyl adjacent to an activating group) is 1. The molecule has 2 aromatic heterocycles. The molecule has 0 saturated carbocycles. The van der Waals surface area contributed by atoms with Crippen molar-refractivity contribution < 1.29 is 14.3 Å². The molecule has 226 valence electrons. The molecule has 0 unspecified atom stereocenters. The Morgan fingerprint density at radius 2 is 1.91 bits per heavy atom. The highest BCUT2D eigenvalue weighted by Gasteiger charge is 2.26. The molecule has 0 aliphatic carbocycles. The van der Waals surface area contributed by atoms with Crippen molar-refractivity contribution in [1.82, 2.24) is 29.3 Å². The van der Waals surface area contributed by atoms with Gasteiger partial charge in [-0.1, -0.05) is 36.4 Å². The molecule has 1 fully saturated rings. The molecular formula is C32H40N8O3. The first-order valence-corrected chi connectivity index (χ1v) is 14.6. The van der Waals surface area contributed by atoms with Gasteiger partial charge in [-0.05, 0) is 56.8 Å². The number of rotatable bonds is 13. The third kappa shape index (κ3) is 8.08. The highest BCUT2D eigenvalue weighted by molar-refractivity contribution is 5.88. The summed E-state index contributed by atoms with van der Waals surface area (Å²) in [7, 11) is 5.62. The molecule has 1 aliphatic rings. The second-order valence-corrected chi connectivity index (χ2v) is 10.8. The molecule has 0 radical (unpaired) electrons. The van der Waals surface area contributed by atoms with Crippen LogP contribution in [0.25, 0.3) is 11.2 Å². The van der Waals surface area contributed by atoms with Gasteiger partial charge in [0.25, 0.3) is 0 Å². The molecule has 1 amide bonds. The van der Waals surface area contributed by atoms with Gasteiger partial charge in [0.1, 0.15) is 12.4 Å². The summed E-state index contributed by atoms with van der Waals surface area (Å²) < 4.78 is 12.8. The number of anilines is 3. The van der Waals surface area contributed by atoms with Gasteiger partial charge in [-0.3, -0.25) is 4.79 Å². The van der Waals surface area contributed by atoms with E-state index in [0.29, 0.717) is 43.6 Å². The van der Waals surface area contributed by atoms with Crippen molar-refractivity contribution in [2.45, 2.75) is 25.4 Å². The van der Waals surface area contributed by atoms with Crippen molar-refractivity contribution in [2.24, 2.45) is 0 Å². The Morgan fingerprint density at radius 3 is 2.67 bits per heavy atom. The molecule has 1 atom stereocenters. The first kappa shape index (κ1) is 30.0. The number of hydrogen-bond donors (Lipinski definition) is 2. The predicted octanol–water partition coefficient (Wildman–Crippen LogP) is 4.49. The number of carbonyl (C=O) groups excluding carboxylic acids is 1. The minimum Gasteiger partial charge on any atom is -0.491 e. The fourth-order valence-electron chi connectivity index (χ4n) is 5.00. The van der Waals surface area contributed by atoms with E-state index < -0.39 is 0 Å². The number of piperidine rings is 1. The SMILES string of the molecule is COCCOc1ccc(Nc2nc(NCc3ccccc3)c3ncn([C@H]4CCCN(C(=O)/C=C/CN(C)C)C4)c3n2)cc1. The Balaban J connectivity index is 1.40. The standard InChI is InChI=1S/C32H40N8O3/c1-38(2)17-8-12-28(41)39-18-7-11-26(22-39)40-23-34-29-30(33-21-24-9-5-4-6-10-24)36-32(37-31(29)40)35-25-13-15-27(16-14-25)43-20-19-42-3/h4-6,8-10,12-16,23,26H,7,11,17-22H2,1-3H3,(H2,33,35,36,37)/b12-8+/t26-/m0/s1. The van der Waals surface area contributed by atoms with Crippen molar-refractivity contribution >= 4 is 34.5 Å². The second-order valence-electron chi connectivity index (χ2n) is 10.8. The van der Waals surface area contributed by atoms with Crippen LogP contribution in [0.3, 0.4) is 0 Å². The maximum Gasteiger partial charge on any atom is 0.246 e. The lowest BCUT2D eigenvalue weighted by atomic mass is 10.1. The highest BCUT2D eigenvalue weighted by atomic mass is 16.5. The number of amides is 1. The maximum atomic E-state index is 12.9. The Morgan fingerprint density at radius 1 is 1.09 bits per heavy atom. The van der Waals surface area contributed by atoms with Crippen molar-refractivity contribution in [3.05, 3.63) is 78.6 Å².